The number of benzene rings is 1. The fraction of sp³-hybridized carbons (Fsp3) is 0.357. The van der Waals surface area contributed by atoms with Crippen molar-refractivity contribution in [3.05, 3.63) is 28.9 Å². The summed E-state index contributed by atoms with van der Waals surface area (Å²) in [5.74, 6) is 1.70. The molecule has 7 heteroatoms. The summed E-state index contributed by atoms with van der Waals surface area (Å²) in [6.45, 7) is 4.84. The van der Waals surface area contributed by atoms with Gasteiger partial charge >= 0.3 is 0 Å². The average Bonchev–Trinajstić information content (AvgIpc) is 2.49. The molecule has 1 heterocycles. The lowest BCUT2D eigenvalue weighted by Gasteiger charge is -2.12. The predicted molar refractivity (Wildman–Crippen MR) is 84.6 cm³/mol. The molecule has 0 unspecified atom stereocenters. The van der Waals surface area contributed by atoms with Crippen molar-refractivity contribution < 1.29 is 4.74 Å². The topological polar surface area (TPSA) is 72.0 Å². The molecule has 2 aromatic rings. The minimum Gasteiger partial charge on any atom is -0.495 e. The van der Waals surface area contributed by atoms with Crippen LogP contribution in [0.15, 0.2) is 18.3 Å². The van der Waals surface area contributed by atoms with Gasteiger partial charge < -0.3 is 15.4 Å². The van der Waals surface area contributed by atoms with Gasteiger partial charge in [-0.3, -0.25) is 0 Å². The monoisotopic (exact) mass is 307 g/mol. The molecule has 1 aromatic carbocycles. The number of rotatable bonds is 6. The van der Waals surface area contributed by atoms with E-state index < -0.39 is 0 Å². The lowest BCUT2D eigenvalue weighted by molar-refractivity contribution is 0.416. The Kier molecular flexibility index (Phi) is 5.16. The molecular weight excluding hydrogens is 290 g/mol. The summed E-state index contributed by atoms with van der Waals surface area (Å²) in [7, 11) is 1.59. The Morgan fingerprint density at radius 1 is 1.33 bits per heavy atom. The molecule has 112 valence electrons. The Balaban J connectivity index is 2.23. The second-order valence-corrected chi connectivity index (χ2v) is 4.93. The zero-order chi connectivity index (χ0) is 15.2. The van der Waals surface area contributed by atoms with E-state index in [1.54, 1.807) is 19.4 Å². The van der Waals surface area contributed by atoms with Crippen LogP contribution in [0.2, 0.25) is 5.02 Å². The Morgan fingerprint density at radius 2 is 2.14 bits per heavy atom. The molecule has 0 fully saturated rings. The van der Waals surface area contributed by atoms with Gasteiger partial charge in [-0.05, 0) is 25.0 Å². The van der Waals surface area contributed by atoms with Crippen molar-refractivity contribution in [3.63, 3.8) is 0 Å². The third-order valence-corrected chi connectivity index (χ3v) is 3.25. The number of nitrogens with zero attached hydrogens (tertiary/aromatic N) is 3. The molecule has 0 radical (unpaired) electrons. The van der Waals surface area contributed by atoms with Crippen molar-refractivity contribution in [3.8, 4) is 5.75 Å². The highest BCUT2D eigenvalue weighted by Crippen LogP contribution is 2.32. The van der Waals surface area contributed by atoms with E-state index in [2.05, 4.69) is 32.7 Å². The fourth-order valence-electron chi connectivity index (χ4n) is 1.75. The van der Waals surface area contributed by atoms with Crippen LogP contribution >= 0.6 is 11.6 Å². The predicted octanol–water partition coefficient (Wildman–Crippen LogP) is 3.41. The molecule has 0 aliphatic carbocycles. The molecule has 0 amide bonds. The maximum atomic E-state index is 6.09. The summed E-state index contributed by atoms with van der Waals surface area (Å²) in [4.78, 5) is 4.35. The van der Waals surface area contributed by atoms with Gasteiger partial charge in [-0.25, -0.2) is 0 Å². The summed E-state index contributed by atoms with van der Waals surface area (Å²) in [6.07, 6.45) is 2.60. The molecule has 0 atom stereocenters. The number of methoxy groups -OCH3 is 1. The quantitative estimate of drug-likeness (QED) is 0.852. The lowest BCUT2D eigenvalue weighted by atomic mass is 10.2. The van der Waals surface area contributed by atoms with Crippen LogP contribution in [-0.4, -0.2) is 28.8 Å². The number of ether oxygens (including phenoxy) is 1. The highest BCUT2D eigenvalue weighted by atomic mass is 35.5. The van der Waals surface area contributed by atoms with E-state index in [0.717, 1.165) is 24.2 Å². The second kappa shape index (κ2) is 7.08. The fourth-order valence-corrected chi connectivity index (χ4v) is 1.90. The number of anilines is 3. The van der Waals surface area contributed by atoms with E-state index in [0.29, 0.717) is 22.5 Å². The molecule has 0 saturated heterocycles. The van der Waals surface area contributed by atoms with Crippen LogP contribution in [0, 0.1) is 6.92 Å². The van der Waals surface area contributed by atoms with Gasteiger partial charge in [-0.2, -0.15) is 10.1 Å². The van der Waals surface area contributed by atoms with Gasteiger partial charge in [0.05, 0.1) is 19.0 Å². The van der Waals surface area contributed by atoms with E-state index >= 15 is 0 Å². The van der Waals surface area contributed by atoms with Gasteiger partial charge in [-0.15, -0.1) is 5.10 Å². The first-order valence-corrected chi connectivity index (χ1v) is 7.06. The summed E-state index contributed by atoms with van der Waals surface area (Å²) in [5, 5.41) is 14.8. The summed E-state index contributed by atoms with van der Waals surface area (Å²) in [6, 6.07) is 3.64. The second-order valence-electron chi connectivity index (χ2n) is 4.52. The van der Waals surface area contributed by atoms with E-state index in [4.69, 9.17) is 16.3 Å². The van der Waals surface area contributed by atoms with E-state index in [1.165, 1.54) is 0 Å². The van der Waals surface area contributed by atoms with E-state index in [1.807, 2.05) is 13.0 Å². The zero-order valence-corrected chi connectivity index (χ0v) is 13.0. The number of nitrogens with one attached hydrogen (secondary N) is 2. The third kappa shape index (κ3) is 3.95. The third-order valence-electron chi connectivity index (χ3n) is 2.84. The average molecular weight is 308 g/mol. The van der Waals surface area contributed by atoms with E-state index in [-0.39, 0.29) is 0 Å². The van der Waals surface area contributed by atoms with Crippen LogP contribution in [0.3, 0.4) is 0 Å². The van der Waals surface area contributed by atoms with Gasteiger partial charge in [-0.1, -0.05) is 18.5 Å². The molecule has 0 aliphatic heterocycles. The Bertz CT molecular complexity index is 620. The normalized spacial score (nSPS) is 10.3. The zero-order valence-electron chi connectivity index (χ0n) is 12.3. The van der Waals surface area contributed by atoms with Crippen molar-refractivity contribution in [2.24, 2.45) is 0 Å². The molecule has 2 N–H and O–H groups in total. The first-order chi connectivity index (χ1) is 10.1. The first kappa shape index (κ1) is 15.3. The van der Waals surface area contributed by atoms with Gasteiger partial charge in [0.1, 0.15) is 5.75 Å². The number of aromatic nitrogens is 3. The Hall–Kier alpha value is -2.08. The molecule has 0 spiro atoms. The minimum absolute atomic E-state index is 0.399. The summed E-state index contributed by atoms with van der Waals surface area (Å²) < 4.78 is 5.31. The van der Waals surface area contributed by atoms with Crippen LogP contribution in [-0.2, 0) is 0 Å². The Morgan fingerprint density at radius 3 is 2.86 bits per heavy atom. The molecular formula is C14H18ClN5O. The van der Waals surface area contributed by atoms with Crippen LogP contribution in [0.25, 0.3) is 0 Å². The molecule has 21 heavy (non-hydrogen) atoms. The number of hydrogen-bond donors (Lipinski definition) is 2. The molecule has 0 aliphatic rings. The van der Waals surface area contributed by atoms with Crippen molar-refractivity contribution in [2.45, 2.75) is 20.3 Å². The highest BCUT2D eigenvalue weighted by Gasteiger charge is 2.09. The van der Waals surface area contributed by atoms with E-state index in [9.17, 15) is 0 Å². The summed E-state index contributed by atoms with van der Waals surface area (Å²) in [5.41, 5.74) is 1.68. The molecule has 0 bridgehead atoms. The summed E-state index contributed by atoms with van der Waals surface area (Å²) >= 11 is 6.09. The SMILES string of the molecule is CCCNc1cnnc(Nc2cc(C)c(Cl)cc2OC)n1. The van der Waals surface area contributed by atoms with Crippen LogP contribution in [0.5, 0.6) is 5.75 Å². The highest BCUT2D eigenvalue weighted by molar-refractivity contribution is 6.31. The lowest BCUT2D eigenvalue weighted by Crippen LogP contribution is -2.06. The van der Waals surface area contributed by atoms with Crippen molar-refractivity contribution in [1.82, 2.24) is 15.2 Å². The van der Waals surface area contributed by atoms with Gasteiger partial charge in [0.25, 0.3) is 0 Å². The van der Waals surface area contributed by atoms with Crippen LogP contribution < -0.4 is 15.4 Å². The van der Waals surface area contributed by atoms with Crippen LogP contribution in [0.1, 0.15) is 18.9 Å². The molecule has 0 saturated carbocycles. The van der Waals surface area contributed by atoms with Crippen LogP contribution in [0.4, 0.5) is 17.5 Å². The van der Waals surface area contributed by atoms with Crippen molar-refractivity contribution in [2.75, 3.05) is 24.3 Å². The number of halogens is 1. The standard InChI is InChI=1S/C14H18ClN5O/c1-4-5-16-13-8-17-20-14(19-13)18-11-6-9(2)10(15)7-12(11)21-3/h6-8H,4-5H2,1-3H3,(H2,16,18,19,20). The largest absolute Gasteiger partial charge is 0.495 e. The van der Waals surface area contributed by atoms with Gasteiger partial charge in [0.15, 0.2) is 5.82 Å². The smallest absolute Gasteiger partial charge is 0.249 e. The van der Waals surface area contributed by atoms with Gasteiger partial charge in [0.2, 0.25) is 5.95 Å². The molecule has 6 nitrogen and oxygen atoms in total. The number of aryl methyl sites for hydroxylation is 1. The maximum Gasteiger partial charge on any atom is 0.249 e. The van der Waals surface area contributed by atoms with Crippen molar-refractivity contribution in [1.29, 1.82) is 0 Å². The van der Waals surface area contributed by atoms with Gasteiger partial charge in [0, 0.05) is 17.6 Å². The first-order valence-electron chi connectivity index (χ1n) is 6.68. The minimum atomic E-state index is 0.399. The van der Waals surface area contributed by atoms with Crippen molar-refractivity contribution >= 4 is 29.1 Å². The molecule has 2 rings (SSSR count). The number of hydrogen-bond acceptors (Lipinski definition) is 6. The maximum absolute atomic E-state index is 6.09. The Labute approximate surface area is 128 Å². The molecule has 1 aromatic heterocycles.